The Morgan fingerprint density at radius 3 is 2.44 bits per heavy atom. The van der Waals surface area contributed by atoms with Gasteiger partial charge in [-0.3, -0.25) is 9.69 Å². The average Bonchev–Trinajstić information content (AvgIpc) is 3.08. The second kappa shape index (κ2) is 10.2. The molecule has 1 saturated heterocycles. The van der Waals surface area contributed by atoms with Gasteiger partial charge in [0, 0.05) is 5.56 Å². The molecular weight excluding hydrogens is 442 g/mol. The van der Waals surface area contributed by atoms with Gasteiger partial charge in [-0.05, 0) is 54.5 Å². The summed E-state index contributed by atoms with van der Waals surface area (Å²) in [4.78, 5) is 26.0. The third-order valence-corrected chi connectivity index (χ3v) is 5.13. The van der Waals surface area contributed by atoms with Crippen molar-refractivity contribution in [1.29, 1.82) is 0 Å². The third kappa shape index (κ3) is 5.23. The van der Waals surface area contributed by atoms with E-state index in [1.807, 2.05) is 6.92 Å². The minimum absolute atomic E-state index is 0.0729. The Bertz CT molecular complexity index is 1240. The number of hydrogen-bond donors (Lipinski definition) is 1. The van der Waals surface area contributed by atoms with Gasteiger partial charge in [0.2, 0.25) is 0 Å². The molecule has 3 amide bonds. The Hall–Kier alpha value is -4.20. The Kier molecular flexibility index (Phi) is 6.87. The summed E-state index contributed by atoms with van der Waals surface area (Å²) in [5.41, 5.74) is 1.72. The van der Waals surface area contributed by atoms with Gasteiger partial charge >= 0.3 is 6.03 Å². The number of ether oxygens (including phenoxy) is 2. The maximum atomic E-state index is 14.0. The minimum Gasteiger partial charge on any atom is -0.490 e. The molecule has 0 atom stereocenters. The lowest BCUT2D eigenvalue weighted by atomic mass is 10.1. The normalized spacial score (nSPS) is 14.4. The zero-order valence-corrected chi connectivity index (χ0v) is 18.4. The molecule has 174 valence electrons. The van der Waals surface area contributed by atoms with Crippen LogP contribution in [-0.2, 0) is 17.9 Å². The van der Waals surface area contributed by atoms with Crippen LogP contribution in [0.15, 0.2) is 72.4 Å². The van der Waals surface area contributed by atoms with Crippen LogP contribution in [-0.4, -0.2) is 23.4 Å². The standard InChI is InChI=1S/C26H22F2N2O4/c1-2-33-24-14-18(9-12-23(24)34-16-17-7-10-20(27)11-8-17)13-22-25(31)30(26(32)29-22)15-19-5-3-4-6-21(19)28/h3-14H,2,15-16H2,1H3,(H,29,32)/b22-13-. The van der Waals surface area contributed by atoms with Crippen LogP contribution in [0, 0.1) is 11.6 Å². The molecule has 4 rings (SSSR count). The van der Waals surface area contributed by atoms with E-state index in [0.29, 0.717) is 23.7 Å². The Balaban J connectivity index is 1.51. The van der Waals surface area contributed by atoms with Gasteiger partial charge in [0.25, 0.3) is 5.91 Å². The highest BCUT2D eigenvalue weighted by Crippen LogP contribution is 2.30. The lowest BCUT2D eigenvalue weighted by molar-refractivity contribution is -0.123. The summed E-state index contributed by atoms with van der Waals surface area (Å²) in [6, 6.07) is 16.5. The first kappa shape index (κ1) is 23.0. The van der Waals surface area contributed by atoms with Crippen LogP contribution >= 0.6 is 0 Å². The summed E-state index contributed by atoms with van der Waals surface area (Å²) in [6.45, 7) is 2.27. The van der Waals surface area contributed by atoms with E-state index in [4.69, 9.17) is 9.47 Å². The number of nitrogens with one attached hydrogen (secondary N) is 1. The van der Waals surface area contributed by atoms with E-state index in [-0.39, 0.29) is 30.2 Å². The van der Waals surface area contributed by atoms with Gasteiger partial charge < -0.3 is 14.8 Å². The van der Waals surface area contributed by atoms with Gasteiger partial charge in [0.05, 0.1) is 13.2 Å². The van der Waals surface area contributed by atoms with Crippen molar-refractivity contribution in [2.24, 2.45) is 0 Å². The maximum absolute atomic E-state index is 14.0. The number of rotatable bonds is 8. The molecule has 1 heterocycles. The molecule has 34 heavy (non-hydrogen) atoms. The molecule has 0 unspecified atom stereocenters. The molecule has 3 aromatic rings. The lowest BCUT2D eigenvalue weighted by Gasteiger charge is -2.13. The van der Waals surface area contributed by atoms with Crippen LogP contribution in [0.4, 0.5) is 13.6 Å². The average molecular weight is 464 g/mol. The maximum Gasteiger partial charge on any atom is 0.329 e. The fourth-order valence-electron chi connectivity index (χ4n) is 3.42. The van der Waals surface area contributed by atoms with Crippen molar-refractivity contribution in [1.82, 2.24) is 10.2 Å². The number of carbonyl (C=O) groups is 2. The van der Waals surface area contributed by atoms with Gasteiger partial charge in [-0.1, -0.05) is 36.4 Å². The van der Waals surface area contributed by atoms with Gasteiger partial charge in [-0.15, -0.1) is 0 Å². The predicted octanol–water partition coefficient (Wildman–Crippen LogP) is 5.04. The Labute approximate surface area is 195 Å². The van der Waals surface area contributed by atoms with Gasteiger partial charge in [0.1, 0.15) is 23.9 Å². The van der Waals surface area contributed by atoms with E-state index in [0.717, 1.165) is 10.5 Å². The number of nitrogens with zero attached hydrogens (tertiary/aromatic N) is 1. The number of hydrogen-bond acceptors (Lipinski definition) is 4. The quantitative estimate of drug-likeness (QED) is 0.375. The summed E-state index contributed by atoms with van der Waals surface area (Å²) in [5.74, 6) is -0.423. The van der Waals surface area contributed by atoms with Crippen LogP contribution in [0.25, 0.3) is 6.08 Å². The second-order valence-electron chi connectivity index (χ2n) is 7.53. The number of imide groups is 1. The number of amides is 3. The van der Waals surface area contributed by atoms with Crippen LogP contribution in [0.2, 0.25) is 0 Å². The topological polar surface area (TPSA) is 67.9 Å². The summed E-state index contributed by atoms with van der Waals surface area (Å²) in [5, 5.41) is 2.53. The van der Waals surface area contributed by atoms with Crippen molar-refractivity contribution < 1.29 is 27.8 Å². The SMILES string of the molecule is CCOc1cc(/C=C2\NC(=O)N(Cc3ccccc3F)C2=O)ccc1OCc1ccc(F)cc1. The first-order valence-corrected chi connectivity index (χ1v) is 10.7. The summed E-state index contributed by atoms with van der Waals surface area (Å²) >= 11 is 0. The molecule has 8 heteroatoms. The monoisotopic (exact) mass is 464 g/mol. The van der Waals surface area contributed by atoms with E-state index >= 15 is 0 Å². The van der Waals surface area contributed by atoms with Crippen molar-refractivity contribution in [2.75, 3.05) is 6.61 Å². The van der Waals surface area contributed by atoms with Crippen molar-refractivity contribution >= 4 is 18.0 Å². The van der Waals surface area contributed by atoms with E-state index < -0.39 is 17.8 Å². The predicted molar refractivity (Wildman–Crippen MR) is 122 cm³/mol. The molecule has 1 aliphatic heterocycles. The zero-order valence-electron chi connectivity index (χ0n) is 18.4. The van der Waals surface area contributed by atoms with Crippen LogP contribution in [0.5, 0.6) is 11.5 Å². The third-order valence-electron chi connectivity index (χ3n) is 5.13. The van der Waals surface area contributed by atoms with Gasteiger partial charge in [-0.25, -0.2) is 13.6 Å². The Morgan fingerprint density at radius 2 is 1.71 bits per heavy atom. The van der Waals surface area contributed by atoms with E-state index in [2.05, 4.69) is 5.32 Å². The summed E-state index contributed by atoms with van der Waals surface area (Å²) in [7, 11) is 0. The van der Waals surface area contributed by atoms with Crippen molar-refractivity contribution in [2.45, 2.75) is 20.1 Å². The molecular formula is C26H22F2N2O4. The number of urea groups is 1. The van der Waals surface area contributed by atoms with Crippen LogP contribution in [0.3, 0.4) is 0 Å². The summed E-state index contributed by atoms with van der Waals surface area (Å²) < 4.78 is 38.5. The van der Waals surface area contributed by atoms with Crippen molar-refractivity contribution in [3.8, 4) is 11.5 Å². The fraction of sp³-hybridized carbons (Fsp3) is 0.154. The fourth-order valence-corrected chi connectivity index (χ4v) is 3.42. The smallest absolute Gasteiger partial charge is 0.329 e. The highest BCUT2D eigenvalue weighted by Gasteiger charge is 2.34. The molecule has 0 saturated carbocycles. The molecule has 0 aliphatic carbocycles. The molecule has 1 fully saturated rings. The van der Waals surface area contributed by atoms with E-state index in [1.165, 1.54) is 30.3 Å². The lowest BCUT2D eigenvalue weighted by Crippen LogP contribution is -2.30. The van der Waals surface area contributed by atoms with Crippen molar-refractivity contribution in [3.63, 3.8) is 0 Å². The molecule has 0 radical (unpaired) electrons. The Morgan fingerprint density at radius 1 is 0.941 bits per heavy atom. The molecule has 6 nitrogen and oxygen atoms in total. The van der Waals surface area contributed by atoms with Gasteiger partial charge in [-0.2, -0.15) is 0 Å². The van der Waals surface area contributed by atoms with E-state index in [1.54, 1.807) is 42.5 Å². The molecule has 1 aliphatic rings. The summed E-state index contributed by atoms with van der Waals surface area (Å²) in [6.07, 6.45) is 1.52. The van der Waals surface area contributed by atoms with Crippen molar-refractivity contribution in [3.05, 3.63) is 101 Å². The first-order chi connectivity index (χ1) is 16.4. The van der Waals surface area contributed by atoms with E-state index in [9.17, 15) is 18.4 Å². The number of benzene rings is 3. The minimum atomic E-state index is -0.621. The molecule has 0 aromatic heterocycles. The molecule has 1 N–H and O–H groups in total. The van der Waals surface area contributed by atoms with Crippen LogP contribution in [0.1, 0.15) is 23.6 Å². The number of halogens is 2. The highest BCUT2D eigenvalue weighted by molar-refractivity contribution is 6.13. The molecule has 0 spiro atoms. The zero-order chi connectivity index (χ0) is 24.1. The van der Waals surface area contributed by atoms with Gasteiger partial charge in [0.15, 0.2) is 11.5 Å². The first-order valence-electron chi connectivity index (χ1n) is 10.7. The largest absolute Gasteiger partial charge is 0.490 e. The highest BCUT2D eigenvalue weighted by atomic mass is 19.1. The molecule has 0 bridgehead atoms. The van der Waals surface area contributed by atoms with Crippen LogP contribution < -0.4 is 14.8 Å². The molecule has 3 aromatic carbocycles. The second-order valence-corrected chi connectivity index (χ2v) is 7.53. The number of carbonyl (C=O) groups excluding carboxylic acids is 2.